The smallest absolute Gasteiger partial charge is 0.315 e. The summed E-state index contributed by atoms with van der Waals surface area (Å²) in [7, 11) is 1.62. The molecule has 2 aromatic rings. The van der Waals surface area contributed by atoms with Crippen LogP contribution in [0, 0.1) is 0 Å². The number of benzene rings is 2. The standard InChI is InChI=1S/C22H26O3/c1-16(2)19-6-5-7-20(15-19)17(3)12-13-25-22(23)14-18-8-10-21(24-4)11-9-18/h5-13,15-17H,14H2,1-4H3. The van der Waals surface area contributed by atoms with Crippen LogP contribution < -0.4 is 4.74 Å². The van der Waals surface area contributed by atoms with Crippen LogP contribution in [-0.4, -0.2) is 13.1 Å². The molecule has 0 aromatic heterocycles. The van der Waals surface area contributed by atoms with Crippen molar-refractivity contribution in [2.45, 2.75) is 39.0 Å². The first-order valence-electron chi connectivity index (χ1n) is 8.58. The molecular formula is C22H26O3. The van der Waals surface area contributed by atoms with Crippen molar-refractivity contribution < 1.29 is 14.3 Å². The van der Waals surface area contributed by atoms with E-state index in [4.69, 9.17) is 9.47 Å². The molecule has 0 fully saturated rings. The van der Waals surface area contributed by atoms with E-state index in [1.54, 1.807) is 7.11 Å². The Morgan fingerprint density at radius 3 is 2.36 bits per heavy atom. The van der Waals surface area contributed by atoms with Gasteiger partial charge in [0, 0.05) is 5.92 Å². The van der Waals surface area contributed by atoms with E-state index in [0.29, 0.717) is 5.92 Å². The summed E-state index contributed by atoms with van der Waals surface area (Å²) in [6.07, 6.45) is 3.65. The molecule has 0 radical (unpaired) electrons. The van der Waals surface area contributed by atoms with Gasteiger partial charge in [-0.25, -0.2) is 0 Å². The highest BCUT2D eigenvalue weighted by molar-refractivity contribution is 5.73. The third kappa shape index (κ3) is 5.79. The van der Waals surface area contributed by atoms with E-state index in [1.807, 2.05) is 30.3 Å². The summed E-state index contributed by atoms with van der Waals surface area (Å²) in [6.45, 7) is 6.45. The molecule has 0 aliphatic heterocycles. The van der Waals surface area contributed by atoms with Gasteiger partial charge in [-0.2, -0.15) is 0 Å². The Balaban J connectivity index is 1.88. The predicted octanol–water partition coefficient (Wildman–Crippen LogP) is 5.22. The lowest BCUT2D eigenvalue weighted by Crippen LogP contribution is -2.04. The molecule has 1 unspecified atom stereocenters. The molecule has 132 valence electrons. The Bertz CT molecular complexity index is 714. The molecule has 0 saturated carbocycles. The molecule has 0 amide bonds. The Labute approximate surface area is 150 Å². The molecule has 0 N–H and O–H groups in total. The van der Waals surface area contributed by atoms with E-state index in [0.717, 1.165) is 11.3 Å². The number of hydrogen-bond donors (Lipinski definition) is 0. The maximum Gasteiger partial charge on any atom is 0.315 e. The number of carbonyl (C=O) groups is 1. The van der Waals surface area contributed by atoms with Crippen LogP contribution in [0.4, 0.5) is 0 Å². The summed E-state index contributed by atoms with van der Waals surface area (Å²) in [5.41, 5.74) is 3.43. The zero-order chi connectivity index (χ0) is 18.2. The van der Waals surface area contributed by atoms with Gasteiger partial charge in [0.25, 0.3) is 0 Å². The van der Waals surface area contributed by atoms with E-state index in [9.17, 15) is 4.79 Å². The van der Waals surface area contributed by atoms with Crippen molar-refractivity contribution in [3.63, 3.8) is 0 Å². The van der Waals surface area contributed by atoms with Crippen molar-refractivity contribution in [1.82, 2.24) is 0 Å². The van der Waals surface area contributed by atoms with Crippen LogP contribution in [0.25, 0.3) is 0 Å². The minimum Gasteiger partial charge on any atom is -0.497 e. The number of methoxy groups -OCH3 is 1. The predicted molar refractivity (Wildman–Crippen MR) is 101 cm³/mol. The van der Waals surface area contributed by atoms with Crippen LogP contribution >= 0.6 is 0 Å². The number of esters is 1. The highest BCUT2D eigenvalue weighted by Gasteiger charge is 2.07. The topological polar surface area (TPSA) is 35.5 Å². The average Bonchev–Trinajstić information content (AvgIpc) is 2.62. The number of ether oxygens (including phenoxy) is 2. The first-order valence-corrected chi connectivity index (χ1v) is 8.58. The fourth-order valence-corrected chi connectivity index (χ4v) is 2.50. The molecule has 2 aromatic carbocycles. The summed E-state index contributed by atoms with van der Waals surface area (Å²) >= 11 is 0. The van der Waals surface area contributed by atoms with E-state index >= 15 is 0 Å². The normalized spacial score (nSPS) is 12.4. The molecule has 3 heteroatoms. The Morgan fingerprint density at radius 2 is 1.72 bits per heavy atom. The largest absolute Gasteiger partial charge is 0.497 e. The molecule has 2 rings (SSSR count). The zero-order valence-corrected chi connectivity index (χ0v) is 15.4. The second kappa shape index (κ2) is 9.07. The molecule has 0 saturated heterocycles. The molecule has 1 atom stereocenters. The lowest BCUT2D eigenvalue weighted by atomic mass is 9.95. The second-order valence-electron chi connectivity index (χ2n) is 6.46. The van der Waals surface area contributed by atoms with E-state index < -0.39 is 0 Å². The molecule has 0 bridgehead atoms. The summed E-state index contributed by atoms with van der Waals surface area (Å²) in [6, 6.07) is 15.9. The van der Waals surface area contributed by atoms with Crippen LogP contribution in [0.1, 0.15) is 49.3 Å². The lowest BCUT2D eigenvalue weighted by Gasteiger charge is -2.11. The molecule has 0 aliphatic carbocycles. The van der Waals surface area contributed by atoms with E-state index in [1.165, 1.54) is 17.4 Å². The highest BCUT2D eigenvalue weighted by atomic mass is 16.5. The first-order chi connectivity index (χ1) is 12.0. The summed E-state index contributed by atoms with van der Waals surface area (Å²) in [5.74, 6) is 1.19. The molecular weight excluding hydrogens is 312 g/mol. The van der Waals surface area contributed by atoms with Crippen LogP contribution in [0.15, 0.2) is 60.9 Å². The van der Waals surface area contributed by atoms with Crippen LogP contribution in [-0.2, 0) is 16.0 Å². The zero-order valence-electron chi connectivity index (χ0n) is 15.4. The van der Waals surface area contributed by atoms with Gasteiger partial charge in [0.1, 0.15) is 5.75 Å². The molecule has 0 aliphatic rings. The summed E-state index contributed by atoms with van der Waals surface area (Å²) in [5, 5.41) is 0. The van der Waals surface area contributed by atoms with Gasteiger partial charge in [-0.15, -0.1) is 0 Å². The monoisotopic (exact) mass is 338 g/mol. The van der Waals surface area contributed by atoms with Crippen LogP contribution in [0.5, 0.6) is 5.75 Å². The summed E-state index contributed by atoms with van der Waals surface area (Å²) in [4.78, 5) is 11.9. The molecule has 0 heterocycles. The van der Waals surface area contributed by atoms with Gasteiger partial charge >= 0.3 is 5.97 Å². The van der Waals surface area contributed by atoms with Gasteiger partial charge in [-0.05, 0) is 40.8 Å². The quantitative estimate of drug-likeness (QED) is 0.513. The van der Waals surface area contributed by atoms with Gasteiger partial charge in [-0.3, -0.25) is 4.79 Å². The van der Waals surface area contributed by atoms with Gasteiger partial charge in [-0.1, -0.05) is 57.2 Å². The van der Waals surface area contributed by atoms with Gasteiger partial charge in [0.15, 0.2) is 0 Å². The molecule has 3 nitrogen and oxygen atoms in total. The van der Waals surface area contributed by atoms with Crippen LogP contribution in [0.3, 0.4) is 0 Å². The molecule has 25 heavy (non-hydrogen) atoms. The Kier molecular flexibility index (Phi) is 6.81. The highest BCUT2D eigenvalue weighted by Crippen LogP contribution is 2.22. The van der Waals surface area contributed by atoms with Crippen molar-refractivity contribution >= 4 is 5.97 Å². The van der Waals surface area contributed by atoms with Crippen LogP contribution in [0.2, 0.25) is 0 Å². The fraction of sp³-hybridized carbons (Fsp3) is 0.318. The Hall–Kier alpha value is -2.55. The maximum atomic E-state index is 11.9. The van der Waals surface area contributed by atoms with E-state index in [-0.39, 0.29) is 18.3 Å². The van der Waals surface area contributed by atoms with Gasteiger partial charge < -0.3 is 9.47 Å². The second-order valence-corrected chi connectivity index (χ2v) is 6.46. The average molecular weight is 338 g/mol. The van der Waals surface area contributed by atoms with Crippen molar-refractivity contribution in [2.75, 3.05) is 7.11 Å². The third-order valence-corrected chi connectivity index (χ3v) is 4.18. The number of allylic oxidation sites excluding steroid dienone is 1. The van der Waals surface area contributed by atoms with Crippen molar-refractivity contribution in [3.05, 3.63) is 77.6 Å². The Morgan fingerprint density at radius 1 is 1.04 bits per heavy atom. The maximum absolute atomic E-state index is 11.9. The van der Waals surface area contributed by atoms with E-state index in [2.05, 4.69) is 45.0 Å². The van der Waals surface area contributed by atoms with Crippen molar-refractivity contribution in [2.24, 2.45) is 0 Å². The van der Waals surface area contributed by atoms with Crippen molar-refractivity contribution in [3.8, 4) is 5.75 Å². The third-order valence-electron chi connectivity index (χ3n) is 4.18. The number of carbonyl (C=O) groups excluding carboxylic acids is 1. The van der Waals surface area contributed by atoms with Gasteiger partial charge in [0.2, 0.25) is 0 Å². The first kappa shape index (κ1) is 18.8. The lowest BCUT2D eigenvalue weighted by molar-refractivity contribution is -0.137. The minimum absolute atomic E-state index is 0.187. The molecule has 0 spiro atoms. The van der Waals surface area contributed by atoms with Gasteiger partial charge in [0.05, 0.1) is 19.8 Å². The fourth-order valence-electron chi connectivity index (χ4n) is 2.50. The SMILES string of the molecule is COc1ccc(CC(=O)OC=CC(C)c2cccc(C(C)C)c2)cc1. The van der Waals surface area contributed by atoms with Crippen molar-refractivity contribution in [1.29, 1.82) is 0 Å². The number of rotatable bonds is 7. The summed E-state index contributed by atoms with van der Waals surface area (Å²) < 4.78 is 10.3. The number of hydrogen-bond acceptors (Lipinski definition) is 3. The minimum atomic E-state index is -0.274.